The molecule has 5 nitrogen and oxygen atoms in total. The van der Waals surface area contributed by atoms with Crippen molar-refractivity contribution in [1.82, 2.24) is 10.2 Å². The van der Waals surface area contributed by atoms with E-state index in [0.29, 0.717) is 17.7 Å². The molecule has 2 amide bonds. The molecular formula is C21H22F4N2O3. The highest BCUT2D eigenvalue weighted by molar-refractivity contribution is 5.74. The minimum atomic E-state index is -0.985. The quantitative estimate of drug-likeness (QED) is 0.698. The average molecular weight is 426 g/mol. The van der Waals surface area contributed by atoms with Crippen molar-refractivity contribution in [2.45, 2.75) is 12.5 Å². The predicted octanol–water partition coefficient (Wildman–Crippen LogP) is 3.18. The van der Waals surface area contributed by atoms with Crippen molar-refractivity contribution in [3.8, 4) is 0 Å². The zero-order chi connectivity index (χ0) is 21.7. The molecule has 2 atom stereocenters. The van der Waals surface area contributed by atoms with Crippen LogP contribution in [0.25, 0.3) is 0 Å². The van der Waals surface area contributed by atoms with Crippen molar-refractivity contribution in [3.05, 3.63) is 70.8 Å². The Morgan fingerprint density at radius 2 is 1.80 bits per heavy atom. The molecule has 1 saturated heterocycles. The number of ether oxygens (including phenoxy) is 1. The molecule has 0 saturated carbocycles. The van der Waals surface area contributed by atoms with Gasteiger partial charge in [0.2, 0.25) is 0 Å². The number of hydrogen-bond acceptors (Lipinski definition) is 3. The van der Waals surface area contributed by atoms with Crippen LogP contribution >= 0.6 is 0 Å². The summed E-state index contributed by atoms with van der Waals surface area (Å²) in [5, 5.41) is 12.3. The molecule has 30 heavy (non-hydrogen) atoms. The number of morpholine rings is 1. The highest BCUT2D eigenvalue weighted by atomic mass is 19.2. The number of benzene rings is 2. The lowest BCUT2D eigenvalue weighted by molar-refractivity contribution is -0.0157. The van der Waals surface area contributed by atoms with Crippen LogP contribution < -0.4 is 5.32 Å². The Bertz CT molecular complexity index is 897. The molecule has 0 spiro atoms. The molecule has 0 radical (unpaired) electrons. The van der Waals surface area contributed by atoms with Crippen molar-refractivity contribution < 1.29 is 32.2 Å². The van der Waals surface area contributed by atoms with Gasteiger partial charge in [0.25, 0.3) is 0 Å². The first-order chi connectivity index (χ1) is 14.4. The van der Waals surface area contributed by atoms with Crippen molar-refractivity contribution >= 4 is 6.03 Å². The van der Waals surface area contributed by atoms with Gasteiger partial charge in [0.1, 0.15) is 6.10 Å². The number of nitrogens with zero attached hydrogens (tertiary/aromatic N) is 1. The monoisotopic (exact) mass is 426 g/mol. The number of halogens is 4. The highest BCUT2D eigenvalue weighted by Gasteiger charge is 2.26. The lowest BCUT2D eigenvalue weighted by Crippen LogP contribution is -2.48. The first-order valence-electron chi connectivity index (χ1n) is 9.51. The molecule has 2 unspecified atom stereocenters. The zero-order valence-electron chi connectivity index (χ0n) is 16.1. The molecule has 0 bridgehead atoms. The van der Waals surface area contributed by atoms with Crippen LogP contribution in [0.1, 0.15) is 17.2 Å². The number of aliphatic hydroxyl groups is 1. The number of carbonyl (C=O) groups is 1. The van der Waals surface area contributed by atoms with Gasteiger partial charge >= 0.3 is 6.03 Å². The van der Waals surface area contributed by atoms with Crippen LogP contribution in [-0.2, 0) is 11.2 Å². The Hall–Kier alpha value is -2.65. The first-order valence-corrected chi connectivity index (χ1v) is 9.51. The topological polar surface area (TPSA) is 61.8 Å². The fourth-order valence-corrected chi connectivity index (χ4v) is 3.29. The maximum Gasteiger partial charge on any atom is 0.317 e. The highest BCUT2D eigenvalue weighted by Crippen LogP contribution is 2.24. The first kappa shape index (κ1) is 22.0. The van der Waals surface area contributed by atoms with Gasteiger partial charge in [-0.05, 0) is 41.8 Å². The molecule has 9 heteroatoms. The van der Waals surface area contributed by atoms with Crippen molar-refractivity contribution in [3.63, 3.8) is 0 Å². The van der Waals surface area contributed by atoms with Gasteiger partial charge in [-0.15, -0.1) is 0 Å². The lowest BCUT2D eigenvalue weighted by Gasteiger charge is -2.33. The van der Waals surface area contributed by atoms with Gasteiger partial charge < -0.3 is 20.1 Å². The fraction of sp³-hybridized carbons (Fsp3) is 0.381. The molecule has 1 aliphatic heterocycles. The summed E-state index contributed by atoms with van der Waals surface area (Å²) in [6, 6.07) is 6.58. The average Bonchev–Trinajstić information content (AvgIpc) is 2.75. The lowest BCUT2D eigenvalue weighted by atomic mass is 10.00. The molecule has 3 rings (SSSR count). The van der Waals surface area contributed by atoms with Gasteiger partial charge in [-0.1, -0.05) is 12.1 Å². The third kappa shape index (κ3) is 5.48. The summed E-state index contributed by atoms with van der Waals surface area (Å²) in [6.45, 7) is 0.583. The predicted molar refractivity (Wildman–Crippen MR) is 101 cm³/mol. The minimum absolute atomic E-state index is 0.127. The van der Waals surface area contributed by atoms with E-state index in [4.69, 9.17) is 4.74 Å². The molecular weight excluding hydrogens is 404 g/mol. The normalized spacial score (nSPS) is 17.6. The summed E-state index contributed by atoms with van der Waals surface area (Å²) in [6.07, 6.45) is -0.329. The Morgan fingerprint density at radius 1 is 1.10 bits per heavy atom. The van der Waals surface area contributed by atoms with Crippen LogP contribution in [0.2, 0.25) is 0 Å². The van der Waals surface area contributed by atoms with Gasteiger partial charge in [-0.2, -0.15) is 0 Å². The summed E-state index contributed by atoms with van der Waals surface area (Å²) in [4.78, 5) is 14.0. The van der Waals surface area contributed by atoms with Crippen molar-refractivity contribution in [1.29, 1.82) is 0 Å². The van der Waals surface area contributed by atoms with E-state index in [0.717, 1.165) is 24.3 Å². The van der Waals surface area contributed by atoms with Crippen LogP contribution in [0.3, 0.4) is 0 Å². The van der Waals surface area contributed by atoms with Gasteiger partial charge in [0, 0.05) is 25.6 Å². The standard InChI is InChI=1S/C21H22F4N2O3/c22-16-3-1-13(8-18(16)24)7-14(12-28)10-26-21(29)27-5-6-30-20(11-27)15-2-4-17(23)19(25)9-15/h1-4,8-9,14,20,28H,5-7,10-12H2,(H,26,29). The van der Waals surface area contributed by atoms with Crippen LogP contribution in [0, 0.1) is 29.2 Å². The van der Waals surface area contributed by atoms with Gasteiger partial charge in [0.15, 0.2) is 23.3 Å². The molecule has 2 aromatic carbocycles. The summed E-state index contributed by atoms with van der Waals surface area (Å²) in [7, 11) is 0. The van der Waals surface area contributed by atoms with E-state index >= 15 is 0 Å². The maximum absolute atomic E-state index is 13.5. The van der Waals surface area contributed by atoms with Gasteiger partial charge in [-0.3, -0.25) is 0 Å². The summed E-state index contributed by atoms with van der Waals surface area (Å²) < 4.78 is 58.6. The SMILES string of the molecule is O=C(NCC(CO)Cc1ccc(F)c(F)c1)N1CCOC(c2ccc(F)c(F)c2)C1. The van der Waals surface area contributed by atoms with E-state index in [1.54, 1.807) is 0 Å². The number of carbonyl (C=O) groups excluding carboxylic acids is 1. The van der Waals surface area contributed by atoms with Gasteiger partial charge in [-0.25, -0.2) is 22.4 Å². The van der Waals surface area contributed by atoms with Crippen molar-refractivity contribution in [2.75, 3.05) is 32.8 Å². The summed E-state index contributed by atoms with van der Waals surface area (Å²) in [5.41, 5.74) is 0.935. The number of rotatable bonds is 6. The Kier molecular flexibility index (Phi) is 7.28. The summed E-state index contributed by atoms with van der Waals surface area (Å²) >= 11 is 0. The van der Waals surface area contributed by atoms with Crippen LogP contribution in [0.4, 0.5) is 22.4 Å². The largest absolute Gasteiger partial charge is 0.396 e. The molecule has 162 valence electrons. The molecule has 0 aliphatic carbocycles. The van der Waals surface area contributed by atoms with E-state index in [-0.39, 0.29) is 38.6 Å². The van der Waals surface area contributed by atoms with Crippen LogP contribution in [0.5, 0.6) is 0 Å². The van der Waals surface area contributed by atoms with E-state index in [2.05, 4.69) is 5.32 Å². The van der Waals surface area contributed by atoms with E-state index in [1.165, 1.54) is 17.0 Å². The smallest absolute Gasteiger partial charge is 0.317 e. The van der Waals surface area contributed by atoms with E-state index in [9.17, 15) is 27.5 Å². The Morgan fingerprint density at radius 3 is 2.47 bits per heavy atom. The number of aliphatic hydroxyl groups excluding tert-OH is 1. The zero-order valence-corrected chi connectivity index (χ0v) is 16.1. The minimum Gasteiger partial charge on any atom is -0.396 e. The molecule has 0 aromatic heterocycles. The number of amides is 2. The Balaban J connectivity index is 1.55. The second-order valence-corrected chi connectivity index (χ2v) is 7.17. The second kappa shape index (κ2) is 9.90. The van der Waals surface area contributed by atoms with Crippen LogP contribution in [-0.4, -0.2) is 48.9 Å². The van der Waals surface area contributed by atoms with Crippen molar-refractivity contribution in [2.24, 2.45) is 5.92 Å². The number of hydrogen-bond donors (Lipinski definition) is 2. The summed E-state index contributed by atoms with van der Waals surface area (Å²) in [5.74, 6) is -4.25. The molecule has 2 N–H and O–H groups in total. The molecule has 1 aliphatic rings. The third-order valence-corrected chi connectivity index (χ3v) is 4.98. The Labute approximate surface area is 171 Å². The second-order valence-electron chi connectivity index (χ2n) is 7.17. The van der Waals surface area contributed by atoms with Gasteiger partial charge in [0.05, 0.1) is 13.2 Å². The van der Waals surface area contributed by atoms with Crippen LogP contribution in [0.15, 0.2) is 36.4 Å². The van der Waals surface area contributed by atoms with E-state index < -0.39 is 35.4 Å². The van der Waals surface area contributed by atoms with E-state index in [1.807, 2.05) is 0 Å². The number of urea groups is 1. The number of nitrogens with one attached hydrogen (secondary N) is 1. The fourth-order valence-electron chi connectivity index (χ4n) is 3.29. The maximum atomic E-state index is 13.5. The molecule has 1 heterocycles. The molecule has 1 fully saturated rings. The third-order valence-electron chi connectivity index (χ3n) is 4.98. The molecule has 2 aromatic rings.